The Kier molecular flexibility index (Phi) is 5.33. The summed E-state index contributed by atoms with van der Waals surface area (Å²) >= 11 is 0. The molecule has 6 heteroatoms. The zero-order valence-corrected chi connectivity index (χ0v) is 20.3. The summed E-state index contributed by atoms with van der Waals surface area (Å²) in [6.45, 7) is 12.4. The average Bonchev–Trinajstić information content (AvgIpc) is 3.16. The number of aryl methyl sites for hydroxylation is 1. The normalized spacial score (nSPS) is 20.3. The van der Waals surface area contributed by atoms with Crippen LogP contribution in [0.3, 0.4) is 0 Å². The predicted octanol–water partition coefficient (Wildman–Crippen LogP) is 4.29. The van der Waals surface area contributed by atoms with Crippen molar-refractivity contribution >= 4 is 22.3 Å². The second-order valence-corrected chi connectivity index (χ2v) is 9.69. The van der Waals surface area contributed by atoms with Crippen LogP contribution in [0.1, 0.15) is 25.1 Å². The van der Waals surface area contributed by atoms with Crippen molar-refractivity contribution in [3.05, 3.63) is 71.2 Å². The summed E-state index contributed by atoms with van der Waals surface area (Å²) < 4.78 is 6.27. The van der Waals surface area contributed by atoms with Crippen molar-refractivity contribution in [2.24, 2.45) is 0 Å². The average molecular weight is 456 g/mol. The maximum absolute atomic E-state index is 6.27. The van der Waals surface area contributed by atoms with E-state index in [2.05, 4.69) is 89.3 Å². The van der Waals surface area contributed by atoms with Crippen LogP contribution in [0, 0.1) is 6.92 Å². The Bertz CT molecular complexity index is 1260. The first-order chi connectivity index (χ1) is 16.6. The van der Waals surface area contributed by atoms with Crippen molar-refractivity contribution in [1.29, 1.82) is 0 Å². The number of allylic oxidation sites excluding steroid dienone is 2. The first-order valence-corrected chi connectivity index (χ1v) is 12.4. The molecule has 3 aromatic rings. The van der Waals surface area contributed by atoms with E-state index >= 15 is 0 Å². The van der Waals surface area contributed by atoms with Crippen LogP contribution in [0.2, 0.25) is 0 Å². The summed E-state index contributed by atoms with van der Waals surface area (Å²) in [6, 6.07) is 17.4. The van der Waals surface area contributed by atoms with Crippen molar-refractivity contribution < 1.29 is 4.74 Å². The summed E-state index contributed by atoms with van der Waals surface area (Å²) in [7, 11) is 0. The van der Waals surface area contributed by atoms with Gasteiger partial charge in [-0.2, -0.15) is 0 Å². The first kappa shape index (κ1) is 21.3. The van der Waals surface area contributed by atoms with Crippen LogP contribution in [0.15, 0.2) is 59.9 Å². The lowest BCUT2D eigenvalue weighted by atomic mass is 10.1. The number of hydrogen-bond acceptors (Lipinski definition) is 6. The molecule has 1 saturated heterocycles. The van der Waals surface area contributed by atoms with Crippen molar-refractivity contribution in [2.45, 2.75) is 33.4 Å². The van der Waals surface area contributed by atoms with Gasteiger partial charge in [-0.15, -0.1) is 0 Å². The van der Waals surface area contributed by atoms with E-state index in [1.54, 1.807) is 0 Å². The van der Waals surface area contributed by atoms with Crippen molar-refractivity contribution in [1.82, 2.24) is 15.2 Å². The fourth-order valence-electron chi connectivity index (χ4n) is 5.59. The third-order valence-electron chi connectivity index (χ3n) is 7.58. The summed E-state index contributed by atoms with van der Waals surface area (Å²) in [5.41, 5.74) is 8.50. The third kappa shape index (κ3) is 3.66. The van der Waals surface area contributed by atoms with E-state index in [-0.39, 0.29) is 6.17 Å². The van der Waals surface area contributed by atoms with E-state index in [4.69, 9.17) is 9.72 Å². The van der Waals surface area contributed by atoms with Gasteiger partial charge in [0, 0.05) is 60.9 Å². The van der Waals surface area contributed by atoms with E-state index in [1.807, 2.05) is 0 Å². The van der Waals surface area contributed by atoms with E-state index in [0.717, 1.165) is 56.1 Å². The Balaban J connectivity index is 1.12. The molecule has 4 heterocycles. The van der Waals surface area contributed by atoms with Crippen LogP contribution in [0.25, 0.3) is 10.9 Å². The van der Waals surface area contributed by atoms with E-state index < -0.39 is 0 Å². The molecular weight excluding hydrogens is 422 g/mol. The van der Waals surface area contributed by atoms with E-state index in [0.29, 0.717) is 6.61 Å². The van der Waals surface area contributed by atoms with Gasteiger partial charge in [0.15, 0.2) is 0 Å². The molecule has 0 amide bonds. The number of ether oxygens (including phenoxy) is 1. The molecule has 2 aromatic carbocycles. The summed E-state index contributed by atoms with van der Waals surface area (Å²) in [5, 5.41) is 4.80. The molecule has 3 aliphatic heterocycles. The van der Waals surface area contributed by atoms with Crippen LogP contribution in [0.5, 0.6) is 5.75 Å². The Hall–Kier alpha value is -3.25. The van der Waals surface area contributed by atoms with Gasteiger partial charge in [-0.05, 0) is 63.1 Å². The quantitative estimate of drug-likeness (QED) is 0.633. The van der Waals surface area contributed by atoms with Crippen molar-refractivity contribution in [3.63, 3.8) is 0 Å². The number of benzene rings is 2. The highest BCUT2D eigenvalue weighted by Gasteiger charge is 2.35. The highest BCUT2D eigenvalue weighted by atomic mass is 16.5. The minimum absolute atomic E-state index is 0.212. The minimum Gasteiger partial charge on any atom is -0.487 e. The van der Waals surface area contributed by atoms with Gasteiger partial charge < -0.3 is 19.9 Å². The van der Waals surface area contributed by atoms with Gasteiger partial charge >= 0.3 is 0 Å². The lowest BCUT2D eigenvalue weighted by Gasteiger charge is -2.37. The Labute approximate surface area is 201 Å². The van der Waals surface area contributed by atoms with E-state index in [9.17, 15) is 0 Å². The van der Waals surface area contributed by atoms with Crippen LogP contribution < -0.4 is 19.9 Å². The Morgan fingerprint density at radius 1 is 0.941 bits per heavy atom. The second-order valence-electron chi connectivity index (χ2n) is 9.69. The number of fused-ring (bicyclic) bond motifs is 4. The van der Waals surface area contributed by atoms with Gasteiger partial charge in [0.05, 0.1) is 11.2 Å². The molecule has 0 bridgehead atoms. The molecule has 0 radical (unpaired) electrons. The van der Waals surface area contributed by atoms with Gasteiger partial charge in [0.1, 0.15) is 18.5 Å². The number of aromatic nitrogens is 1. The first-order valence-electron chi connectivity index (χ1n) is 12.4. The molecule has 1 atom stereocenters. The summed E-state index contributed by atoms with van der Waals surface area (Å²) in [5.74, 6) is 1.06. The fourth-order valence-corrected chi connectivity index (χ4v) is 5.59. The maximum atomic E-state index is 6.27. The molecule has 34 heavy (non-hydrogen) atoms. The summed E-state index contributed by atoms with van der Waals surface area (Å²) in [4.78, 5) is 12.2. The summed E-state index contributed by atoms with van der Waals surface area (Å²) in [6.07, 6.45) is 1.22. The molecule has 3 aliphatic rings. The molecule has 1 N–H and O–H groups in total. The van der Waals surface area contributed by atoms with Gasteiger partial charge in [0.2, 0.25) is 0 Å². The molecular formula is C28H33N5O. The number of pyridine rings is 1. The number of nitrogens with one attached hydrogen (secondary N) is 1. The highest BCUT2D eigenvalue weighted by Crippen LogP contribution is 2.41. The smallest absolute Gasteiger partial charge is 0.146 e. The lowest BCUT2D eigenvalue weighted by Crippen LogP contribution is -2.47. The second kappa shape index (κ2) is 8.51. The molecule has 1 unspecified atom stereocenters. The molecule has 1 fully saturated rings. The van der Waals surface area contributed by atoms with E-state index in [1.165, 1.54) is 33.7 Å². The number of para-hydroxylation sites is 1. The maximum Gasteiger partial charge on any atom is 0.146 e. The highest BCUT2D eigenvalue weighted by molar-refractivity contribution is 5.92. The van der Waals surface area contributed by atoms with Crippen molar-refractivity contribution in [3.8, 4) is 5.75 Å². The molecule has 176 valence electrons. The van der Waals surface area contributed by atoms with Gasteiger partial charge in [0.25, 0.3) is 0 Å². The standard InChI is InChI=1S/C28H33N5O/c1-19-10-11-23-24(29-19)7-5-8-25(23)32-16-14-31(15-17-32)13-12-22-6-4-9-26-28(22)34-18-27-30-20(2)21(3)33(26)27/h4-11,27,30H,12-18H2,1-3H3. The van der Waals surface area contributed by atoms with Crippen LogP contribution in [-0.4, -0.2) is 55.4 Å². The number of rotatable bonds is 4. The molecule has 6 rings (SSSR count). The monoisotopic (exact) mass is 455 g/mol. The lowest BCUT2D eigenvalue weighted by molar-refractivity contribution is 0.248. The number of piperazine rings is 1. The fraction of sp³-hybridized carbons (Fsp3) is 0.393. The number of anilines is 2. The number of nitrogens with zero attached hydrogens (tertiary/aromatic N) is 4. The van der Waals surface area contributed by atoms with Gasteiger partial charge in [-0.25, -0.2) is 0 Å². The minimum atomic E-state index is 0.212. The van der Waals surface area contributed by atoms with Gasteiger partial charge in [-0.3, -0.25) is 9.88 Å². The third-order valence-corrected chi connectivity index (χ3v) is 7.58. The van der Waals surface area contributed by atoms with Crippen LogP contribution >= 0.6 is 0 Å². The van der Waals surface area contributed by atoms with Crippen LogP contribution in [0.4, 0.5) is 11.4 Å². The number of hydrogen-bond donors (Lipinski definition) is 1. The zero-order valence-electron chi connectivity index (χ0n) is 20.3. The Morgan fingerprint density at radius 2 is 1.74 bits per heavy atom. The largest absolute Gasteiger partial charge is 0.487 e. The predicted molar refractivity (Wildman–Crippen MR) is 139 cm³/mol. The Morgan fingerprint density at radius 3 is 2.59 bits per heavy atom. The SMILES string of the molecule is CC1=C(C)N2c3cccc(CCN4CCN(c5cccc6nc(C)ccc56)CC4)c3OCC2N1. The van der Waals surface area contributed by atoms with Crippen LogP contribution in [-0.2, 0) is 6.42 Å². The molecule has 0 aliphatic carbocycles. The zero-order chi connectivity index (χ0) is 23.2. The molecule has 1 aromatic heterocycles. The molecule has 6 nitrogen and oxygen atoms in total. The topological polar surface area (TPSA) is 43.9 Å². The molecule has 0 saturated carbocycles. The van der Waals surface area contributed by atoms with Crippen molar-refractivity contribution in [2.75, 3.05) is 49.1 Å². The van der Waals surface area contributed by atoms with Gasteiger partial charge in [-0.1, -0.05) is 18.2 Å². The molecule has 0 spiro atoms.